The van der Waals surface area contributed by atoms with Crippen molar-refractivity contribution in [1.82, 2.24) is 15.5 Å². The van der Waals surface area contributed by atoms with Crippen molar-refractivity contribution in [3.8, 4) is 10.6 Å². The van der Waals surface area contributed by atoms with Crippen LogP contribution in [0.25, 0.3) is 10.6 Å². The molecule has 1 aromatic carbocycles. The third-order valence-corrected chi connectivity index (χ3v) is 3.95. The van der Waals surface area contributed by atoms with Crippen LogP contribution in [0.5, 0.6) is 0 Å². The van der Waals surface area contributed by atoms with Crippen LogP contribution in [0.1, 0.15) is 13.8 Å². The maximum Gasteiger partial charge on any atom is 0.321 e. The molecule has 3 N–H and O–H groups in total. The number of hydrogen-bond acceptors (Lipinski definition) is 5. The third kappa shape index (κ3) is 4.02. The monoisotopic (exact) mass is 356 g/mol. The number of halogens is 2. The summed E-state index contributed by atoms with van der Waals surface area (Å²) in [6.45, 7) is 2.81. The zero-order chi connectivity index (χ0) is 17.9. The fraction of sp³-hybridized carbons (Fsp3) is 0.286. The van der Waals surface area contributed by atoms with Gasteiger partial charge in [-0.2, -0.15) is 0 Å². The summed E-state index contributed by atoms with van der Waals surface area (Å²) >= 11 is 0.792. The van der Waals surface area contributed by atoms with E-state index < -0.39 is 29.0 Å². The second kappa shape index (κ2) is 6.87. The van der Waals surface area contributed by atoms with E-state index in [0.29, 0.717) is 0 Å². The molecule has 1 aromatic heterocycles. The van der Waals surface area contributed by atoms with Crippen molar-refractivity contribution in [1.29, 1.82) is 0 Å². The number of carboxylic acids is 1. The summed E-state index contributed by atoms with van der Waals surface area (Å²) in [4.78, 5) is 22.7. The first-order valence-electron chi connectivity index (χ1n) is 6.77. The Kier molecular flexibility index (Phi) is 5.07. The van der Waals surface area contributed by atoms with Gasteiger partial charge < -0.3 is 10.4 Å². The lowest BCUT2D eigenvalue weighted by atomic mass is 9.94. The molecule has 0 saturated carbocycles. The Labute approximate surface area is 139 Å². The smallest absolute Gasteiger partial charge is 0.321 e. The minimum Gasteiger partial charge on any atom is -0.481 e. The van der Waals surface area contributed by atoms with Crippen molar-refractivity contribution in [2.75, 3.05) is 11.9 Å². The zero-order valence-electron chi connectivity index (χ0n) is 12.8. The van der Waals surface area contributed by atoms with E-state index in [1.165, 1.54) is 19.9 Å². The highest BCUT2D eigenvalue weighted by Crippen LogP contribution is 2.30. The van der Waals surface area contributed by atoms with Gasteiger partial charge in [0, 0.05) is 6.54 Å². The summed E-state index contributed by atoms with van der Waals surface area (Å²) in [6, 6.07) is 2.72. The van der Waals surface area contributed by atoms with E-state index in [9.17, 15) is 18.4 Å². The van der Waals surface area contributed by atoms with Gasteiger partial charge in [-0.05, 0) is 26.0 Å². The molecule has 2 amide bonds. The largest absolute Gasteiger partial charge is 0.481 e. The lowest BCUT2D eigenvalue weighted by Crippen LogP contribution is -2.40. The number of rotatable bonds is 5. The van der Waals surface area contributed by atoms with Crippen LogP contribution >= 0.6 is 11.3 Å². The first-order valence-corrected chi connectivity index (χ1v) is 7.58. The van der Waals surface area contributed by atoms with Gasteiger partial charge >= 0.3 is 12.0 Å². The van der Waals surface area contributed by atoms with Crippen LogP contribution < -0.4 is 10.6 Å². The number of aliphatic carboxylic acids is 1. The van der Waals surface area contributed by atoms with Gasteiger partial charge in [-0.3, -0.25) is 10.1 Å². The second-order valence-electron chi connectivity index (χ2n) is 5.51. The van der Waals surface area contributed by atoms with E-state index in [2.05, 4.69) is 20.8 Å². The number of anilines is 1. The molecule has 0 spiro atoms. The number of benzene rings is 1. The quantitative estimate of drug-likeness (QED) is 0.764. The lowest BCUT2D eigenvalue weighted by Gasteiger charge is -2.19. The second-order valence-corrected chi connectivity index (χ2v) is 6.48. The summed E-state index contributed by atoms with van der Waals surface area (Å²) in [6.07, 6.45) is 0. The molecule has 0 fully saturated rings. The number of aromatic nitrogens is 2. The molecule has 0 bridgehead atoms. The van der Waals surface area contributed by atoms with E-state index in [-0.39, 0.29) is 22.2 Å². The third-order valence-electron chi connectivity index (χ3n) is 3.09. The number of nitrogens with one attached hydrogen (secondary N) is 2. The van der Waals surface area contributed by atoms with E-state index in [1.54, 1.807) is 0 Å². The molecule has 1 heterocycles. The topological polar surface area (TPSA) is 104 Å². The van der Waals surface area contributed by atoms with Crippen LogP contribution in [0, 0.1) is 17.0 Å². The molecule has 0 unspecified atom stereocenters. The van der Waals surface area contributed by atoms with Gasteiger partial charge in [-0.1, -0.05) is 17.4 Å². The molecule has 0 aliphatic rings. The predicted molar refractivity (Wildman–Crippen MR) is 83.7 cm³/mol. The Balaban J connectivity index is 2.04. The Bertz CT molecular complexity index is 759. The molecule has 0 radical (unpaired) electrons. The minimum atomic E-state index is -1.14. The van der Waals surface area contributed by atoms with E-state index in [1.807, 2.05) is 0 Å². The lowest BCUT2D eigenvalue weighted by molar-refractivity contribution is -0.146. The van der Waals surface area contributed by atoms with Crippen molar-refractivity contribution in [2.45, 2.75) is 13.8 Å². The Hall–Kier alpha value is -2.62. The van der Waals surface area contributed by atoms with Crippen LogP contribution in [-0.4, -0.2) is 33.8 Å². The Morgan fingerprint density at radius 2 is 1.88 bits per heavy atom. The van der Waals surface area contributed by atoms with Gasteiger partial charge in [-0.15, -0.1) is 10.2 Å². The maximum absolute atomic E-state index is 13.7. The van der Waals surface area contributed by atoms with Gasteiger partial charge in [0.15, 0.2) is 5.01 Å². The Morgan fingerprint density at radius 1 is 1.25 bits per heavy atom. The normalized spacial score (nSPS) is 11.2. The van der Waals surface area contributed by atoms with Crippen molar-refractivity contribution < 1.29 is 23.5 Å². The molecule has 24 heavy (non-hydrogen) atoms. The highest BCUT2D eigenvalue weighted by molar-refractivity contribution is 7.18. The van der Waals surface area contributed by atoms with Gasteiger partial charge in [0.1, 0.15) is 11.6 Å². The molecule has 7 nitrogen and oxygen atoms in total. The standard InChI is InChI=1S/C14H14F2N4O3S/c1-14(2,11(21)22)6-17-12(23)18-13-20-19-10(24-13)9-7(15)4-3-5-8(9)16/h3-5H,6H2,1-2H3,(H,21,22)(H2,17,18,20,23). The van der Waals surface area contributed by atoms with Gasteiger partial charge in [0.25, 0.3) is 0 Å². The average Bonchev–Trinajstić information content (AvgIpc) is 2.93. The first kappa shape index (κ1) is 17.7. The molecular formula is C14H14F2N4O3S. The van der Waals surface area contributed by atoms with Crippen molar-refractivity contribution in [3.63, 3.8) is 0 Å². The van der Waals surface area contributed by atoms with Gasteiger partial charge in [0.05, 0.1) is 11.0 Å². The number of carbonyl (C=O) groups excluding carboxylic acids is 1. The highest BCUT2D eigenvalue weighted by Gasteiger charge is 2.27. The average molecular weight is 356 g/mol. The van der Waals surface area contributed by atoms with Crippen LogP contribution in [-0.2, 0) is 4.79 Å². The molecule has 2 rings (SSSR count). The molecular weight excluding hydrogens is 342 g/mol. The summed E-state index contributed by atoms with van der Waals surface area (Å²) in [7, 11) is 0. The van der Waals surface area contributed by atoms with E-state index in [4.69, 9.17) is 5.11 Å². The van der Waals surface area contributed by atoms with E-state index >= 15 is 0 Å². The molecule has 0 aliphatic carbocycles. The van der Waals surface area contributed by atoms with Gasteiger partial charge in [0.2, 0.25) is 5.13 Å². The molecule has 128 valence electrons. The number of nitrogens with zero attached hydrogens (tertiary/aromatic N) is 2. The molecule has 10 heteroatoms. The first-order chi connectivity index (χ1) is 11.2. The van der Waals surface area contributed by atoms with Crippen molar-refractivity contribution in [2.24, 2.45) is 5.41 Å². The van der Waals surface area contributed by atoms with E-state index in [0.717, 1.165) is 23.5 Å². The van der Waals surface area contributed by atoms with Gasteiger partial charge in [-0.25, -0.2) is 13.6 Å². The summed E-state index contributed by atoms with van der Waals surface area (Å²) < 4.78 is 27.4. The number of urea groups is 1. The maximum atomic E-state index is 13.7. The number of carboxylic acid groups (broad SMARTS) is 1. The number of carbonyl (C=O) groups is 2. The van der Waals surface area contributed by atoms with Crippen molar-refractivity contribution in [3.05, 3.63) is 29.8 Å². The fourth-order valence-electron chi connectivity index (χ4n) is 1.60. The highest BCUT2D eigenvalue weighted by atomic mass is 32.1. The summed E-state index contributed by atoms with van der Waals surface area (Å²) in [5.74, 6) is -2.63. The molecule has 0 saturated heterocycles. The fourth-order valence-corrected chi connectivity index (χ4v) is 2.38. The minimum absolute atomic E-state index is 0.0215. The Morgan fingerprint density at radius 3 is 2.46 bits per heavy atom. The summed E-state index contributed by atoms with van der Waals surface area (Å²) in [5.41, 5.74) is -1.46. The van der Waals surface area contributed by atoms with Crippen LogP contribution in [0.4, 0.5) is 18.7 Å². The van der Waals surface area contributed by atoms with Crippen LogP contribution in [0.3, 0.4) is 0 Å². The predicted octanol–water partition coefficient (Wildman–Crippen LogP) is 2.72. The number of amides is 2. The van der Waals surface area contributed by atoms with Crippen molar-refractivity contribution >= 4 is 28.5 Å². The summed E-state index contributed by atoms with van der Waals surface area (Å²) in [5, 5.41) is 21.0. The molecule has 0 aliphatic heterocycles. The van der Waals surface area contributed by atoms with Crippen LogP contribution in [0.15, 0.2) is 18.2 Å². The number of hydrogen-bond donors (Lipinski definition) is 3. The zero-order valence-corrected chi connectivity index (χ0v) is 13.6. The molecule has 2 aromatic rings. The SMILES string of the molecule is CC(C)(CNC(=O)Nc1nnc(-c2c(F)cccc2F)s1)C(=O)O. The van der Waals surface area contributed by atoms with Crippen LogP contribution in [0.2, 0.25) is 0 Å². The molecule has 0 atom stereocenters.